The molecule has 0 aliphatic carbocycles. The molecule has 0 aromatic heterocycles. The monoisotopic (exact) mass is 263 g/mol. The number of anilines is 2. The van der Waals surface area contributed by atoms with E-state index in [0.717, 1.165) is 42.2 Å². The first-order chi connectivity index (χ1) is 8.81. The molecule has 96 valence electrons. The Morgan fingerprint density at radius 3 is 2.94 bits per heavy atom. The lowest BCUT2D eigenvalue weighted by Crippen LogP contribution is -2.35. The van der Waals surface area contributed by atoms with Gasteiger partial charge < -0.3 is 16.0 Å². The van der Waals surface area contributed by atoms with Gasteiger partial charge >= 0.3 is 0 Å². The standard InChI is InChI=1S/C13H17N3OS/c17-13-8-18-12-2-1-10(7-11(12)16-13)15-9-3-5-14-6-4-9/h1-2,7,9,14-15H,3-6,8H2,(H,16,17). The molecular weight excluding hydrogens is 246 g/mol. The van der Waals surface area contributed by atoms with Gasteiger partial charge in [-0.1, -0.05) is 0 Å². The molecule has 18 heavy (non-hydrogen) atoms. The van der Waals surface area contributed by atoms with Crippen LogP contribution in [0.3, 0.4) is 0 Å². The Balaban J connectivity index is 1.73. The lowest BCUT2D eigenvalue weighted by atomic mass is 10.1. The van der Waals surface area contributed by atoms with Crippen LogP contribution in [0.15, 0.2) is 23.1 Å². The van der Waals surface area contributed by atoms with Crippen molar-refractivity contribution in [3.63, 3.8) is 0 Å². The second-order valence-electron chi connectivity index (χ2n) is 4.72. The average molecular weight is 263 g/mol. The molecule has 3 N–H and O–H groups in total. The molecule has 5 heteroatoms. The molecule has 2 aliphatic rings. The van der Waals surface area contributed by atoms with Gasteiger partial charge in [0, 0.05) is 16.6 Å². The largest absolute Gasteiger partial charge is 0.382 e. The highest BCUT2D eigenvalue weighted by molar-refractivity contribution is 8.00. The van der Waals surface area contributed by atoms with Crippen molar-refractivity contribution < 1.29 is 4.79 Å². The first-order valence-electron chi connectivity index (χ1n) is 6.35. The molecule has 1 aromatic rings. The summed E-state index contributed by atoms with van der Waals surface area (Å²) in [6.07, 6.45) is 2.30. The minimum atomic E-state index is 0.0894. The molecule has 2 aliphatic heterocycles. The smallest absolute Gasteiger partial charge is 0.234 e. The second-order valence-corrected chi connectivity index (χ2v) is 5.73. The molecule has 0 radical (unpaired) electrons. The van der Waals surface area contributed by atoms with Gasteiger partial charge in [0.1, 0.15) is 0 Å². The van der Waals surface area contributed by atoms with Gasteiger partial charge in [0.2, 0.25) is 5.91 Å². The van der Waals surface area contributed by atoms with Crippen molar-refractivity contribution in [1.29, 1.82) is 0 Å². The van der Waals surface area contributed by atoms with Crippen LogP contribution < -0.4 is 16.0 Å². The minimum Gasteiger partial charge on any atom is -0.382 e. The van der Waals surface area contributed by atoms with E-state index < -0.39 is 0 Å². The number of amides is 1. The molecule has 0 bridgehead atoms. The van der Waals surface area contributed by atoms with Crippen LogP contribution in [0.1, 0.15) is 12.8 Å². The SMILES string of the molecule is O=C1CSc2ccc(NC3CCNCC3)cc2N1. The van der Waals surface area contributed by atoms with Crippen molar-refractivity contribution in [3.05, 3.63) is 18.2 Å². The molecule has 2 heterocycles. The third-order valence-electron chi connectivity index (χ3n) is 3.32. The number of piperidine rings is 1. The molecule has 4 nitrogen and oxygen atoms in total. The number of benzene rings is 1. The van der Waals surface area contributed by atoms with Crippen LogP contribution in [0.5, 0.6) is 0 Å². The molecule has 0 saturated carbocycles. The Morgan fingerprint density at radius 1 is 1.28 bits per heavy atom. The molecule has 0 spiro atoms. The fourth-order valence-electron chi connectivity index (χ4n) is 2.37. The van der Waals surface area contributed by atoms with Gasteiger partial charge in [0.15, 0.2) is 0 Å². The van der Waals surface area contributed by atoms with Crippen LogP contribution >= 0.6 is 11.8 Å². The Labute approximate surface area is 111 Å². The first kappa shape index (κ1) is 11.9. The summed E-state index contributed by atoms with van der Waals surface area (Å²) in [4.78, 5) is 12.5. The van der Waals surface area contributed by atoms with Crippen molar-refractivity contribution >= 4 is 29.0 Å². The van der Waals surface area contributed by atoms with Gasteiger partial charge in [-0.05, 0) is 44.1 Å². The maximum Gasteiger partial charge on any atom is 0.234 e. The van der Waals surface area contributed by atoms with Crippen LogP contribution in [0.25, 0.3) is 0 Å². The summed E-state index contributed by atoms with van der Waals surface area (Å²) < 4.78 is 0. The quantitative estimate of drug-likeness (QED) is 0.763. The van der Waals surface area contributed by atoms with Gasteiger partial charge in [-0.15, -0.1) is 11.8 Å². The number of rotatable bonds is 2. The number of carbonyl (C=O) groups is 1. The van der Waals surface area contributed by atoms with E-state index in [0.29, 0.717) is 11.8 Å². The van der Waals surface area contributed by atoms with Gasteiger partial charge in [0.25, 0.3) is 0 Å². The van der Waals surface area contributed by atoms with Crippen molar-refractivity contribution in [1.82, 2.24) is 5.32 Å². The lowest BCUT2D eigenvalue weighted by molar-refractivity contribution is -0.113. The zero-order valence-electron chi connectivity index (χ0n) is 10.2. The van der Waals surface area contributed by atoms with Crippen LogP contribution in [-0.4, -0.2) is 30.8 Å². The maximum absolute atomic E-state index is 11.4. The van der Waals surface area contributed by atoms with E-state index in [1.165, 1.54) is 0 Å². The molecule has 1 saturated heterocycles. The van der Waals surface area contributed by atoms with Crippen LogP contribution in [0.2, 0.25) is 0 Å². The second kappa shape index (κ2) is 5.20. The third-order valence-corrected chi connectivity index (χ3v) is 4.40. The molecular formula is C13H17N3OS. The zero-order chi connectivity index (χ0) is 12.4. The summed E-state index contributed by atoms with van der Waals surface area (Å²) in [6.45, 7) is 2.16. The van der Waals surface area contributed by atoms with Gasteiger partial charge in [-0.3, -0.25) is 4.79 Å². The van der Waals surface area contributed by atoms with Gasteiger partial charge in [-0.25, -0.2) is 0 Å². The Kier molecular flexibility index (Phi) is 3.43. The number of hydrogen-bond donors (Lipinski definition) is 3. The van der Waals surface area contributed by atoms with Crippen molar-refractivity contribution in [3.8, 4) is 0 Å². The van der Waals surface area contributed by atoms with E-state index in [1.807, 2.05) is 6.07 Å². The van der Waals surface area contributed by atoms with Gasteiger partial charge in [-0.2, -0.15) is 0 Å². The van der Waals surface area contributed by atoms with E-state index in [1.54, 1.807) is 11.8 Å². The maximum atomic E-state index is 11.4. The summed E-state index contributed by atoms with van der Waals surface area (Å²) in [5, 5.41) is 9.83. The third kappa shape index (κ3) is 2.62. The highest BCUT2D eigenvalue weighted by Crippen LogP contribution is 2.33. The Morgan fingerprint density at radius 2 is 2.11 bits per heavy atom. The summed E-state index contributed by atoms with van der Waals surface area (Å²) in [5.41, 5.74) is 2.04. The van der Waals surface area contributed by atoms with Crippen molar-refractivity contribution in [2.45, 2.75) is 23.8 Å². The summed E-state index contributed by atoms with van der Waals surface area (Å²) in [7, 11) is 0. The molecule has 1 amide bonds. The Hall–Kier alpha value is -1.20. The van der Waals surface area contributed by atoms with Crippen molar-refractivity contribution in [2.75, 3.05) is 29.5 Å². The van der Waals surface area contributed by atoms with E-state index >= 15 is 0 Å². The summed E-state index contributed by atoms with van der Waals surface area (Å²) in [6, 6.07) is 6.77. The average Bonchev–Trinajstić information content (AvgIpc) is 2.39. The van der Waals surface area contributed by atoms with E-state index in [2.05, 4.69) is 28.1 Å². The van der Waals surface area contributed by atoms with Crippen LogP contribution in [0, 0.1) is 0 Å². The first-order valence-corrected chi connectivity index (χ1v) is 7.34. The van der Waals surface area contributed by atoms with Crippen molar-refractivity contribution in [2.24, 2.45) is 0 Å². The molecule has 1 aromatic carbocycles. The topological polar surface area (TPSA) is 53.2 Å². The number of thioether (sulfide) groups is 1. The predicted molar refractivity (Wildman–Crippen MR) is 75.3 cm³/mol. The highest BCUT2D eigenvalue weighted by Gasteiger charge is 2.17. The number of nitrogens with one attached hydrogen (secondary N) is 3. The highest BCUT2D eigenvalue weighted by atomic mass is 32.2. The summed E-state index contributed by atoms with van der Waals surface area (Å²) in [5.74, 6) is 0.611. The number of carbonyl (C=O) groups excluding carboxylic acids is 1. The number of fused-ring (bicyclic) bond motifs is 1. The Bertz CT molecular complexity index is 458. The van der Waals surface area contributed by atoms with E-state index in [4.69, 9.17) is 0 Å². The molecule has 1 fully saturated rings. The molecule has 0 unspecified atom stereocenters. The lowest BCUT2D eigenvalue weighted by Gasteiger charge is -2.25. The minimum absolute atomic E-state index is 0.0894. The zero-order valence-corrected chi connectivity index (χ0v) is 11.0. The summed E-state index contributed by atoms with van der Waals surface area (Å²) >= 11 is 1.60. The molecule has 0 atom stereocenters. The number of hydrogen-bond acceptors (Lipinski definition) is 4. The fraction of sp³-hybridized carbons (Fsp3) is 0.462. The van der Waals surface area contributed by atoms with Gasteiger partial charge in [0.05, 0.1) is 11.4 Å². The normalized spacial score (nSPS) is 20.1. The van der Waals surface area contributed by atoms with Crippen LogP contribution in [-0.2, 0) is 4.79 Å². The van der Waals surface area contributed by atoms with E-state index in [-0.39, 0.29) is 5.91 Å². The van der Waals surface area contributed by atoms with E-state index in [9.17, 15) is 4.79 Å². The fourth-order valence-corrected chi connectivity index (χ4v) is 3.16. The predicted octanol–water partition coefficient (Wildman–Crippen LogP) is 1.89. The van der Waals surface area contributed by atoms with Crippen LogP contribution in [0.4, 0.5) is 11.4 Å². The molecule has 3 rings (SSSR count).